The second-order valence-corrected chi connectivity index (χ2v) is 5.68. The zero-order valence-corrected chi connectivity index (χ0v) is 9.76. The molecule has 0 aromatic rings. The summed E-state index contributed by atoms with van der Waals surface area (Å²) in [5.74, 6) is 2.19. The molecule has 3 nitrogen and oxygen atoms in total. The van der Waals surface area contributed by atoms with Crippen molar-refractivity contribution in [1.82, 2.24) is 5.32 Å². The SMILES string of the molecule is O=C(NC1CCCSC1)C1CCCC1O. The first-order valence-electron chi connectivity index (χ1n) is 5.83. The zero-order valence-electron chi connectivity index (χ0n) is 8.95. The molecule has 0 radical (unpaired) electrons. The summed E-state index contributed by atoms with van der Waals surface area (Å²) in [6, 6.07) is 0.337. The van der Waals surface area contributed by atoms with Gasteiger partial charge in [0.2, 0.25) is 5.91 Å². The van der Waals surface area contributed by atoms with Crippen LogP contribution in [0.5, 0.6) is 0 Å². The van der Waals surface area contributed by atoms with Gasteiger partial charge in [0.25, 0.3) is 0 Å². The van der Waals surface area contributed by atoms with E-state index >= 15 is 0 Å². The Bertz CT molecular complexity index is 229. The molecule has 2 aliphatic rings. The van der Waals surface area contributed by atoms with Crippen LogP contribution in [-0.2, 0) is 4.79 Å². The predicted octanol–water partition coefficient (Wildman–Crippen LogP) is 1.16. The minimum absolute atomic E-state index is 0.0764. The summed E-state index contributed by atoms with van der Waals surface area (Å²) in [6.07, 6.45) is 4.52. The van der Waals surface area contributed by atoms with Gasteiger partial charge in [-0.05, 0) is 37.9 Å². The summed E-state index contributed by atoms with van der Waals surface area (Å²) >= 11 is 1.91. The first-order chi connectivity index (χ1) is 7.27. The quantitative estimate of drug-likeness (QED) is 0.747. The molecule has 15 heavy (non-hydrogen) atoms. The largest absolute Gasteiger partial charge is 0.392 e. The fourth-order valence-corrected chi connectivity index (χ4v) is 3.48. The smallest absolute Gasteiger partial charge is 0.225 e. The van der Waals surface area contributed by atoms with Crippen molar-refractivity contribution in [2.24, 2.45) is 5.92 Å². The summed E-state index contributed by atoms with van der Waals surface area (Å²) in [4.78, 5) is 11.8. The first-order valence-corrected chi connectivity index (χ1v) is 6.99. The highest BCUT2D eigenvalue weighted by atomic mass is 32.2. The number of carbonyl (C=O) groups is 1. The molecular formula is C11H19NO2S. The van der Waals surface area contributed by atoms with E-state index in [0.717, 1.165) is 31.4 Å². The molecule has 2 fully saturated rings. The minimum atomic E-state index is -0.402. The maximum Gasteiger partial charge on any atom is 0.225 e. The van der Waals surface area contributed by atoms with E-state index in [1.807, 2.05) is 11.8 Å². The van der Waals surface area contributed by atoms with Crippen LogP contribution in [0.2, 0.25) is 0 Å². The number of carbonyl (C=O) groups excluding carboxylic acids is 1. The van der Waals surface area contributed by atoms with Crippen LogP contribution in [0.3, 0.4) is 0 Å². The number of nitrogens with one attached hydrogen (secondary N) is 1. The van der Waals surface area contributed by atoms with Crippen LogP contribution >= 0.6 is 11.8 Å². The molecule has 2 rings (SSSR count). The molecule has 3 unspecified atom stereocenters. The van der Waals surface area contributed by atoms with Crippen molar-refractivity contribution < 1.29 is 9.90 Å². The molecule has 0 aromatic carbocycles. The fourth-order valence-electron chi connectivity index (χ4n) is 2.41. The fraction of sp³-hybridized carbons (Fsp3) is 0.909. The number of aliphatic hydroxyl groups excluding tert-OH is 1. The number of hydrogen-bond donors (Lipinski definition) is 2. The third-order valence-electron chi connectivity index (χ3n) is 3.32. The number of hydrogen-bond acceptors (Lipinski definition) is 3. The molecule has 86 valence electrons. The van der Waals surface area contributed by atoms with Gasteiger partial charge in [0.1, 0.15) is 0 Å². The summed E-state index contributed by atoms with van der Waals surface area (Å²) in [5.41, 5.74) is 0. The maximum absolute atomic E-state index is 11.8. The van der Waals surface area contributed by atoms with E-state index in [0.29, 0.717) is 6.04 Å². The highest BCUT2D eigenvalue weighted by Crippen LogP contribution is 2.26. The summed E-state index contributed by atoms with van der Waals surface area (Å²) in [7, 11) is 0. The third kappa shape index (κ3) is 2.88. The number of aliphatic hydroxyl groups is 1. The molecule has 0 bridgehead atoms. The van der Waals surface area contributed by atoms with Crippen LogP contribution in [0.1, 0.15) is 32.1 Å². The molecule has 1 saturated carbocycles. The highest BCUT2D eigenvalue weighted by Gasteiger charge is 2.32. The van der Waals surface area contributed by atoms with E-state index in [4.69, 9.17) is 0 Å². The Kier molecular flexibility index (Phi) is 3.92. The van der Waals surface area contributed by atoms with E-state index in [1.165, 1.54) is 12.2 Å². The highest BCUT2D eigenvalue weighted by molar-refractivity contribution is 7.99. The normalized spacial score (nSPS) is 36.5. The molecule has 2 N–H and O–H groups in total. The number of amides is 1. The third-order valence-corrected chi connectivity index (χ3v) is 4.54. The van der Waals surface area contributed by atoms with E-state index in [-0.39, 0.29) is 11.8 Å². The van der Waals surface area contributed by atoms with E-state index in [2.05, 4.69) is 5.32 Å². The average molecular weight is 229 g/mol. The zero-order chi connectivity index (χ0) is 10.7. The van der Waals surface area contributed by atoms with Gasteiger partial charge in [0.05, 0.1) is 12.0 Å². The van der Waals surface area contributed by atoms with Crippen molar-refractivity contribution in [3.05, 3.63) is 0 Å². The predicted molar refractivity (Wildman–Crippen MR) is 61.8 cm³/mol. The van der Waals surface area contributed by atoms with Gasteiger partial charge >= 0.3 is 0 Å². The van der Waals surface area contributed by atoms with Crippen molar-refractivity contribution in [2.45, 2.75) is 44.2 Å². The van der Waals surface area contributed by atoms with E-state index in [1.54, 1.807) is 0 Å². The monoisotopic (exact) mass is 229 g/mol. The van der Waals surface area contributed by atoms with Crippen molar-refractivity contribution >= 4 is 17.7 Å². The standard InChI is InChI=1S/C11H19NO2S/c13-10-5-1-4-9(10)11(14)12-8-3-2-6-15-7-8/h8-10,13H,1-7H2,(H,12,14). The Morgan fingerprint density at radius 2 is 2.13 bits per heavy atom. The molecule has 1 aliphatic carbocycles. The molecular weight excluding hydrogens is 210 g/mol. The van der Waals surface area contributed by atoms with Gasteiger partial charge in [-0.25, -0.2) is 0 Å². The molecule has 4 heteroatoms. The van der Waals surface area contributed by atoms with Crippen LogP contribution in [0.4, 0.5) is 0 Å². The molecule has 0 aromatic heterocycles. The molecule has 3 atom stereocenters. The maximum atomic E-state index is 11.8. The molecule has 1 heterocycles. The second-order valence-electron chi connectivity index (χ2n) is 4.53. The Morgan fingerprint density at radius 1 is 1.27 bits per heavy atom. The van der Waals surface area contributed by atoms with Gasteiger partial charge in [-0.1, -0.05) is 0 Å². The lowest BCUT2D eigenvalue weighted by atomic mass is 10.0. The van der Waals surface area contributed by atoms with Crippen LogP contribution < -0.4 is 5.32 Å². The van der Waals surface area contributed by atoms with Gasteiger partial charge in [0.15, 0.2) is 0 Å². The lowest BCUT2D eigenvalue weighted by Crippen LogP contribution is -2.43. The van der Waals surface area contributed by atoms with E-state index in [9.17, 15) is 9.90 Å². The van der Waals surface area contributed by atoms with Gasteiger partial charge in [0, 0.05) is 11.8 Å². The summed E-state index contributed by atoms with van der Waals surface area (Å²) in [5, 5.41) is 12.7. The summed E-state index contributed by atoms with van der Waals surface area (Å²) < 4.78 is 0. The van der Waals surface area contributed by atoms with E-state index < -0.39 is 6.10 Å². The lowest BCUT2D eigenvalue weighted by Gasteiger charge is -2.24. The molecule has 1 amide bonds. The number of thioether (sulfide) groups is 1. The van der Waals surface area contributed by atoms with Crippen molar-refractivity contribution in [1.29, 1.82) is 0 Å². The Labute approximate surface area is 95.0 Å². The van der Waals surface area contributed by atoms with Crippen LogP contribution in [0.25, 0.3) is 0 Å². The molecule has 1 aliphatic heterocycles. The molecule has 1 saturated heterocycles. The van der Waals surface area contributed by atoms with Gasteiger partial charge < -0.3 is 10.4 Å². The van der Waals surface area contributed by atoms with Crippen molar-refractivity contribution in [3.8, 4) is 0 Å². The lowest BCUT2D eigenvalue weighted by molar-refractivity contribution is -0.128. The van der Waals surface area contributed by atoms with Gasteiger partial charge in [-0.15, -0.1) is 0 Å². The minimum Gasteiger partial charge on any atom is -0.392 e. The second kappa shape index (κ2) is 5.21. The average Bonchev–Trinajstić information content (AvgIpc) is 2.66. The summed E-state index contributed by atoms with van der Waals surface area (Å²) in [6.45, 7) is 0. The topological polar surface area (TPSA) is 49.3 Å². The van der Waals surface area contributed by atoms with Crippen LogP contribution in [-0.4, -0.2) is 34.7 Å². The Balaban J connectivity index is 1.80. The first kappa shape index (κ1) is 11.3. The van der Waals surface area contributed by atoms with Crippen LogP contribution in [0.15, 0.2) is 0 Å². The number of rotatable bonds is 2. The van der Waals surface area contributed by atoms with Crippen LogP contribution in [0, 0.1) is 5.92 Å². The molecule has 0 spiro atoms. The van der Waals surface area contributed by atoms with Gasteiger partial charge in [-0.2, -0.15) is 11.8 Å². The van der Waals surface area contributed by atoms with Gasteiger partial charge in [-0.3, -0.25) is 4.79 Å². The Morgan fingerprint density at radius 3 is 2.73 bits per heavy atom. The van der Waals surface area contributed by atoms with Crippen molar-refractivity contribution in [3.63, 3.8) is 0 Å². The Hall–Kier alpha value is -0.220. The van der Waals surface area contributed by atoms with Crippen molar-refractivity contribution in [2.75, 3.05) is 11.5 Å².